The molecule has 0 unspecified atom stereocenters. The number of hydrogen-bond acceptors (Lipinski definition) is 6. The molecule has 0 fully saturated rings. The number of nitrogens with one attached hydrogen (secondary N) is 3. The third-order valence-electron chi connectivity index (χ3n) is 12.3. The lowest BCUT2D eigenvalue weighted by Crippen LogP contribution is -2.29. The van der Waals surface area contributed by atoms with Crippen LogP contribution in [0.15, 0.2) is 132 Å². The van der Waals surface area contributed by atoms with Crippen molar-refractivity contribution in [3.63, 3.8) is 0 Å². The lowest BCUT2D eigenvalue weighted by Gasteiger charge is -2.27. The number of ether oxygens (including phenoxy) is 2. The molecule has 4 aromatic carbocycles. The van der Waals surface area contributed by atoms with E-state index in [1.807, 2.05) is 0 Å². The predicted octanol–water partition coefficient (Wildman–Crippen LogP) is 11.7. The fourth-order valence-corrected chi connectivity index (χ4v) is 8.98. The Labute approximate surface area is 353 Å². The maximum absolute atomic E-state index is 5.63. The molecule has 0 bridgehead atoms. The largest absolute Gasteiger partial charge is 0.385 e. The van der Waals surface area contributed by atoms with Crippen molar-refractivity contribution in [1.82, 2.24) is 5.32 Å². The summed E-state index contributed by atoms with van der Waals surface area (Å²) in [6.07, 6.45) is 12.7. The third-order valence-corrected chi connectivity index (χ3v) is 12.3. The van der Waals surface area contributed by atoms with Gasteiger partial charge in [-0.05, 0) is 131 Å². The van der Waals surface area contributed by atoms with Crippen LogP contribution in [0.3, 0.4) is 0 Å². The summed E-state index contributed by atoms with van der Waals surface area (Å²) in [6.45, 7) is 19.6. The summed E-state index contributed by atoms with van der Waals surface area (Å²) in [4.78, 5) is 2.46. The van der Waals surface area contributed by atoms with E-state index in [1.54, 1.807) is 14.2 Å². The molecule has 3 N–H and O–H groups in total. The molecule has 308 valence electrons. The number of rotatable bonds is 15. The molecule has 0 aromatic heterocycles. The van der Waals surface area contributed by atoms with Crippen LogP contribution in [0, 0.1) is 13.8 Å². The van der Waals surface area contributed by atoms with Crippen LogP contribution in [-0.2, 0) is 20.3 Å². The number of likely N-dealkylation sites (N-methyl/N-ethyl adjacent to an activating group) is 1. The lowest BCUT2D eigenvalue weighted by molar-refractivity contribution is -0.441. The second-order valence-corrected chi connectivity index (χ2v) is 17.2. The van der Waals surface area contributed by atoms with Gasteiger partial charge in [0.2, 0.25) is 5.69 Å². The average Bonchev–Trinajstić information content (AvgIpc) is 3.57. The van der Waals surface area contributed by atoms with Crippen molar-refractivity contribution in [2.75, 3.05) is 62.6 Å². The highest BCUT2D eigenvalue weighted by molar-refractivity contribution is 6.03. The minimum atomic E-state index is -0.203. The average molecular weight is 791 g/mol. The minimum absolute atomic E-state index is 0.203. The van der Waals surface area contributed by atoms with Crippen LogP contribution < -0.4 is 20.9 Å². The van der Waals surface area contributed by atoms with Gasteiger partial charge in [-0.25, -0.2) is 0 Å². The van der Waals surface area contributed by atoms with Gasteiger partial charge in [0.05, 0.1) is 12.0 Å². The molecule has 0 radical (unpaired) electrons. The van der Waals surface area contributed by atoms with E-state index >= 15 is 0 Å². The first-order chi connectivity index (χ1) is 28.4. The Balaban J connectivity index is 1.21. The van der Waals surface area contributed by atoms with E-state index in [0.29, 0.717) is 13.2 Å². The molecule has 7 nitrogen and oxygen atoms in total. The minimum Gasteiger partial charge on any atom is -0.385 e. The number of anilines is 5. The van der Waals surface area contributed by atoms with Gasteiger partial charge >= 0.3 is 0 Å². The molecule has 0 spiro atoms. The van der Waals surface area contributed by atoms with Crippen LogP contribution >= 0.6 is 0 Å². The topological polar surface area (TPSA) is 60.8 Å². The molecule has 0 saturated heterocycles. The quantitative estimate of drug-likeness (QED) is 0.104. The predicted molar refractivity (Wildman–Crippen MR) is 249 cm³/mol. The summed E-state index contributed by atoms with van der Waals surface area (Å²) in [5.41, 5.74) is 18.1. The van der Waals surface area contributed by atoms with Crippen LogP contribution in [0.2, 0.25) is 0 Å². The second-order valence-electron chi connectivity index (χ2n) is 17.2. The molecular formula is C52H64N5O2+. The Morgan fingerprint density at radius 1 is 0.695 bits per heavy atom. The molecule has 0 saturated carbocycles. The van der Waals surface area contributed by atoms with Crippen LogP contribution in [-0.4, -0.2) is 57.4 Å². The molecule has 2 heterocycles. The van der Waals surface area contributed by atoms with Gasteiger partial charge < -0.3 is 30.3 Å². The zero-order chi connectivity index (χ0) is 41.7. The molecular weight excluding hydrogens is 727 g/mol. The Morgan fingerprint density at radius 3 is 1.93 bits per heavy atom. The standard InChI is InChI=1S/C52H63N5O2/c1-10-53-50-38(18-28-48-51(4,5)44-34-42(54-40-20-14-36(2)15-21-40)24-26-46(44)56(48)30-32-58-8)12-11-13-39(50)19-29-49-52(6,7)45-35-43(55-41-22-16-37(3)17-23-41)25-27-47(45)57(49)31-33-59-9/h14-29,34-35,54-55H,10-13,30-33H2,1-9H3/p+1/b38-18+,48-28-. The molecule has 59 heavy (non-hydrogen) atoms. The number of hydrogen-bond donors (Lipinski definition) is 3. The Kier molecular flexibility index (Phi) is 12.6. The smallest absolute Gasteiger partial charge is 0.210 e. The van der Waals surface area contributed by atoms with Gasteiger partial charge in [-0.15, -0.1) is 0 Å². The van der Waals surface area contributed by atoms with Gasteiger partial charge in [0.15, 0.2) is 12.3 Å². The van der Waals surface area contributed by atoms with Gasteiger partial charge in [0.25, 0.3) is 0 Å². The summed E-state index contributed by atoms with van der Waals surface area (Å²) in [6, 6.07) is 30.7. The molecule has 3 aliphatic rings. The van der Waals surface area contributed by atoms with Crippen molar-refractivity contribution < 1.29 is 14.0 Å². The van der Waals surface area contributed by atoms with E-state index in [9.17, 15) is 0 Å². The zero-order valence-corrected chi connectivity index (χ0v) is 36.8. The summed E-state index contributed by atoms with van der Waals surface area (Å²) < 4.78 is 13.7. The van der Waals surface area contributed by atoms with E-state index in [0.717, 1.165) is 61.6 Å². The van der Waals surface area contributed by atoms with E-state index in [-0.39, 0.29) is 10.8 Å². The first kappa shape index (κ1) is 41.8. The van der Waals surface area contributed by atoms with Crippen molar-refractivity contribution in [1.29, 1.82) is 0 Å². The SMILES string of the molecule is CCNC1=C(/C=C/C2=[N+](CCOC)c3ccc(Nc4ccc(C)cc4)cc3C2(C)C)CCC/C1=C\C=C1/N(CCOC)c2ccc(Nc3ccc(C)cc3)cc2C1(C)C. The monoisotopic (exact) mass is 791 g/mol. The first-order valence-electron chi connectivity index (χ1n) is 21.4. The third kappa shape index (κ3) is 8.83. The van der Waals surface area contributed by atoms with Gasteiger partial charge in [-0.3, -0.25) is 0 Å². The lowest BCUT2D eigenvalue weighted by atomic mass is 9.80. The number of nitrogens with zero attached hydrogens (tertiary/aromatic N) is 2. The number of aryl methyl sites for hydroxylation is 2. The van der Waals surface area contributed by atoms with E-state index < -0.39 is 0 Å². The van der Waals surface area contributed by atoms with Crippen LogP contribution in [0.1, 0.15) is 76.1 Å². The van der Waals surface area contributed by atoms with Crippen LogP contribution in [0.25, 0.3) is 0 Å². The molecule has 4 aromatic rings. The molecule has 7 rings (SSSR count). The Hall–Kier alpha value is -5.37. The van der Waals surface area contributed by atoms with Crippen LogP contribution in [0.5, 0.6) is 0 Å². The van der Waals surface area contributed by atoms with Crippen molar-refractivity contribution in [2.24, 2.45) is 0 Å². The molecule has 2 aliphatic heterocycles. The highest BCUT2D eigenvalue weighted by Crippen LogP contribution is 2.49. The number of benzene rings is 4. The number of fused-ring (bicyclic) bond motifs is 2. The number of methoxy groups -OCH3 is 2. The van der Waals surface area contributed by atoms with Gasteiger partial charge in [-0.1, -0.05) is 61.4 Å². The second kappa shape index (κ2) is 17.9. The molecule has 0 atom stereocenters. The Bertz CT molecular complexity index is 2310. The first-order valence-corrected chi connectivity index (χ1v) is 21.4. The van der Waals surface area contributed by atoms with Crippen molar-refractivity contribution in [2.45, 2.75) is 78.6 Å². The highest BCUT2D eigenvalue weighted by Gasteiger charge is 2.44. The van der Waals surface area contributed by atoms with Gasteiger partial charge in [0.1, 0.15) is 6.61 Å². The summed E-state index contributed by atoms with van der Waals surface area (Å²) in [5, 5.41) is 11.1. The van der Waals surface area contributed by atoms with Crippen molar-refractivity contribution in [3.8, 4) is 0 Å². The van der Waals surface area contributed by atoms with Crippen molar-refractivity contribution >= 4 is 39.8 Å². The van der Waals surface area contributed by atoms with E-state index in [1.165, 1.54) is 61.9 Å². The normalized spacial score (nSPS) is 18.3. The van der Waals surface area contributed by atoms with E-state index in [4.69, 9.17) is 9.47 Å². The van der Waals surface area contributed by atoms with Gasteiger partial charge in [0, 0.05) is 90.3 Å². The van der Waals surface area contributed by atoms with E-state index in [2.05, 4.69) is 183 Å². The molecule has 0 amide bonds. The van der Waals surface area contributed by atoms with Gasteiger partial charge in [-0.2, -0.15) is 4.58 Å². The van der Waals surface area contributed by atoms with Crippen molar-refractivity contribution in [3.05, 3.63) is 154 Å². The molecule has 1 aliphatic carbocycles. The summed E-state index contributed by atoms with van der Waals surface area (Å²) in [7, 11) is 3.57. The molecule has 7 heteroatoms. The maximum atomic E-state index is 5.63. The summed E-state index contributed by atoms with van der Waals surface area (Å²) >= 11 is 0. The Morgan fingerprint density at radius 2 is 1.31 bits per heavy atom. The highest BCUT2D eigenvalue weighted by atomic mass is 16.5. The fraction of sp³-hybridized carbons (Fsp3) is 0.365. The zero-order valence-electron chi connectivity index (χ0n) is 36.8. The summed E-state index contributed by atoms with van der Waals surface area (Å²) in [5.74, 6) is 0. The fourth-order valence-electron chi connectivity index (χ4n) is 8.98. The number of allylic oxidation sites excluding steroid dienone is 7. The van der Waals surface area contributed by atoms with Crippen LogP contribution in [0.4, 0.5) is 34.1 Å². The maximum Gasteiger partial charge on any atom is 0.210 e.